The van der Waals surface area contributed by atoms with Gasteiger partial charge in [0.1, 0.15) is 0 Å². The van der Waals surface area contributed by atoms with Crippen LogP contribution in [-0.2, 0) is 0 Å². The van der Waals surface area contributed by atoms with Crippen LogP contribution in [0.2, 0.25) is 10.0 Å². The molecule has 1 atom stereocenters. The molecule has 3 heteroatoms. The fourth-order valence-electron chi connectivity index (χ4n) is 2.12. The summed E-state index contributed by atoms with van der Waals surface area (Å²) >= 11 is 12.3. The van der Waals surface area contributed by atoms with Gasteiger partial charge >= 0.3 is 0 Å². The second-order valence-corrected chi connectivity index (χ2v) is 5.37. The molecule has 19 heavy (non-hydrogen) atoms. The summed E-state index contributed by atoms with van der Waals surface area (Å²) in [5, 5.41) is 4.83. The van der Waals surface area contributed by atoms with E-state index in [-0.39, 0.29) is 0 Å². The lowest BCUT2D eigenvalue weighted by atomic mass is 10.00. The maximum atomic E-state index is 6.25. The van der Waals surface area contributed by atoms with Crippen LogP contribution in [0.1, 0.15) is 25.5 Å². The molecule has 0 heterocycles. The Morgan fingerprint density at radius 3 is 2.63 bits per heavy atom. The first kappa shape index (κ1) is 14.4. The third-order valence-corrected chi connectivity index (χ3v) is 3.70. The van der Waals surface area contributed by atoms with E-state index < -0.39 is 0 Å². The zero-order valence-electron chi connectivity index (χ0n) is 11.1. The number of rotatable bonds is 4. The number of hydrogen-bond acceptors (Lipinski definition) is 1. The Labute approximate surface area is 124 Å². The van der Waals surface area contributed by atoms with Crippen LogP contribution in [0.3, 0.4) is 0 Å². The number of halogens is 2. The molecule has 0 bridgehead atoms. The van der Waals surface area contributed by atoms with E-state index in [0.29, 0.717) is 11.1 Å². The molecule has 0 saturated carbocycles. The van der Waals surface area contributed by atoms with Gasteiger partial charge in [0.15, 0.2) is 0 Å². The molecule has 100 valence electrons. The first-order chi connectivity index (χ1) is 9.11. The van der Waals surface area contributed by atoms with E-state index in [1.54, 1.807) is 6.07 Å². The van der Waals surface area contributed by atoms with Crippen molar-refractivity contribution in [2.24, 2.45) is 0 Å². The fraction of sp³-hybridized carbons (Fsp3) is 0.250. The van der Waals surface area contributed by atoms with Crippen molar-refractivity contribution in [3.63, 3.8) is 0 Å². The number of benzene rings is 2. The molecule has 0 saturated heterocycles. The predicted molar refractivity (Wildman–Crippen MR) is 84.0 cm³/mol. The van der Waals surface area contributed by atoms with E-state index in [1.807, 2.05) is 12.1 Å². The molecule has 0 aliphatic heterocycles. The highest BCUT2D eigenvalue weighted by Gasteiger charge is 2.08. The monoisotopic (exact) mass is 293 g/mol. The molecule has 1 N–H and O–H groups in total. The van der Waals surface area contributed by atoms with Crippen molar-refractivity contribution in [1.82, 2.24) is 5.32 Å². The Morgan fingerprint density at radius 2 is 1.89 bits per heavy atom. The molecule has 0 radical (unpaired) electrons. The Bertz CT molecular complexity index is 566. The highest BCUT2D eigenvalue weighted by molar-refractivity contribution is 6.35. The first-order valence-corrected chi connectivity index (χ1v) is 7.16. The SMILES string of the molecule is CCNC(C)c1cccc(-c2cc(Cl)ccc2Cl)c1. The molecule has 1 unspecified atom stereocenters. The average Bonchev–Trinajstić information content (AvgIpc) is 2.42. The highest BCUT2D eigenvalue weighted by Crippen LogP contribution is 2.31. The van der Waals surface area contributed by atoms with Crippen LogP contribution in [0.4, 0.5) is 0 Å². The molecule has 2 rings (SSSR count). The van der Waals surface area contributed by atoms with Gasteiger partial charge in [0, 0.05) is 21.7 Å². The van der Waals surface area contributed by atoms with Crippen molar-refractivity contribution in [3.05, 3.63) is 58.1 Å². The van der Waals surface area contributed by atoms with Gasteiger partial charge in [-0.15, -0.1) is 0 Å². The summed E-state index contributed by atoms with van der Waals surface area (Å²) in [6.45, 7) is 5.21. The van der Waals surface area contributed by atoms with Crippen LogP contribution < -0.4 is 5.32 Å². The largest absolute Gasteiger partial charge is 0.310 e. The van der Waals surface area contributed by atoms with Gasteiger partial charge in [-0.05, 0) is 48.9 Å². The van der Waals surface area contributed by atoms with E-state index >= 15 is 0 Å². The minimum absolute atomic E-state index is 0.322. The van der Waals surface area contributed by atoms with Gasteiger partial charge in [-0.3, -0.25) is 0 Å². The lowest BCUT2D eigenvalue weighted by Crippen LogP contribution is -2.17. The minimum Gasteiger partial charge on any atom is -0.310 e. The van der Waals surface area contributed by atoms with Gasteiger partial charge in [0.2, 0.25) is 0 Å². The predicted octanol–water partition coefficient (Wildman–Crippen LogP) is 5.33. The smallest absolute Gasteiger partial charge is 0.0485 e. The second kappa shape index (κ2) is 6.42. The van der Waals surface area contributed by atoms with Crippen LogP contribution in [0.25, 0.3) is 11.1 Å². The van der Waals surface area contributed by atoms with Crippen molar-refractivity contribution < 1.29 is 0 Å². The third-order valence-electron chi connectivity index (χ3n) is 3.14. The molecule has 2 aromatic rings. The minimum atomic E-state index is 0.322. The van der Waals surface area contributed by atoms with E-state index in [9.17, 15) is 0 Å². The lowest BCUT2D eigenvalue weighted by Gasteiger charge is -2.14. The normalized spacial score (nSPS) is 12.4. The molecule has 0 spiro atoms. The quantitative estimate of drug-likeness (QED) is 0.803. The van der Waals surface area contributed by atoms with E-state index in [4.69, 9.17) is 23.2 Å². The first-order valence-electron chi connectivity index (χ1n) is 6.40. The van der Waals surface area contributed by atoms with Crippen molar-refractivity contribution >= 4 is 23.2 Å². The topological polar surface area (TPSA) is 12.0 Å². The summed E-state index contributed by atoms with van der Waals surface area (Å²) in [5.41, 5.74) is 3.31. The van der Waals surface area contributed by atoms with Crippen LogP contribution in [0.5, 0.6) is 0 Å². The van der Waals surface area contributed by atoms with Gasteiger partial charge in [-0.2, -0.15) is 0 Å². The molecule has 1 nitrogen and oxygen atoms in total. The van der Waals surface area contributed by atoms with Gasteiger partial charge < -0.3 is 5.32 Å². The van der Waals surface area contributed by atoms with E-state index in [1.165, 1.54) is 5.56 Å². The van der Waals surface area contributed by atoms with E-state index in [0.717, 1.165) is 22.7 Å². The molecule has 2 aromatic carbocycles. The zero-order chi connectivity index (χ0) is 13.8. The van der Waals surface area contributed by atoms with Crippen molar-refractivity contribution in [3.8, 4) is 11.1 Å². The number of hydrogen-bond donors (Lipinski definition) is 1. The molecular formula is C16H17Cl2N. The van der Waals surface area contributed by atoms with Crippen molar-refractivity contribution in [2.45, 2.75) is 19.9 Å². The zero-order valence-corrected chi connectivity index (χ0v) is 12.6. The second-order valence-electron chi connectivity index (χ2n) is 4.53. The highest BCUT2D eigenvalue weighted by atomic mass is 35.5. The van der Waals surface area contributed by atoms with Crippen molar-refractivity contribution in [2.75, 3.05) is 6.54 Å². The van der Waals surface area contributed by atoms with Gasteiger partial charge in [0.05, 0.1) is 0 Å². The summed E-state index contributed by atoms with van der Waals surface area (Å²) in [6.07, 6.45) is 0. The summed E-state index contributed by atoms with van der Waals surface area (Å²) < 4.78 is 0. The van der Waals surface area contributed by atoms with Crippen LogP contribution in [0, 0.1) is 0 Å². The van der Waals surface area contributed by atoms with Gasteiger partial charge in [-0.25, -0.2) is 0 Å². The van der Waals surface area contributed by atoms with Crippen LogP contribution in [0.15, 0.2) is 42.5 Å². The summed E-state index contributed by atoms with van der Waals surface area (Å²) in [7, 11) is 0. The van der Waals surface area contributed by atoms with E-state index in [2.05, 4.69) is 43.4 Å². The standard InChI is InChI=1S/C16H17Cl2N/c1-3-19-11(2)12-5-4-6-13(9-12)15-10-14(17)7-8-16(15)18/h4-11,19H,3H2,1-2H3. The van der Waals surface area contributed by atoms with Crippen molar-refractivity contribution in [1.29, 1.82) is 0 Å². The molecule has 0 aromatic heterocycles. The maximum absolute atomic E-state index is 6.25. The Balaban J connectivity index is 2.40. The number of nitrogens with one attached hydrogen (secondary N) is 1. The lowest BCUT2D eigenvalue weighted by molar-refractivity contribution is 0.598. The van der Waals surface area contributed by atoms with Gasteiger partial charge in [-0.1, -0.05) is 48.3 Å². The molecule has 0 aliphatic carbocycles. The molecule has 0 amide bonds. The summed E-state index contributed by atoms with van der Waals surface area (Å²) in [4.78, 5) is 0. The van der Waals surface area contributed by atoms with Crippen LogP contribution >= 0.6 is 23.2 Å². The fourth-order valence-corrected chi connectivity index (χ4v) is 2.52. The third kappa shape index (κ3) is 3.50. The Kier molecular flexibility index (Phi) is 4.87. The Morgan fingerprint density at radius 1 is 1.11 bits per heavy atom. The molecular weight excluding hydrogens is 277 g/mol. The van der Waals surface area contributed by atoms with Crippen LogP contribution in [-0.4, -0.2) is 6.54 Å². The molecule has 0 fully saturated rings. The summed E-state index contributed by atoms with van der Waals surface area (Å²) in [6, 6.07) is 14.2. The summed E-state index contributed by atoms with van der Waals surface area (Å²) in [5.74, 6) is 0. The Hall–Kier alpha value is -1.02. The average molecular weight is 294 g/mol. The maximum Gasteiger partial charge on any atom is 0.0485 e. The molecule has 0 aliphatic rings. The van der Waals surface area contributed by atoms with Gasteiger partial charge in [0.25, 0.3) is 0 Å².